The second-order valence-electron chi connectivity index (χ2n) is 9.35. The number of aliphatic hydroxyl groups is 1. The molecule has 0 saturated carbocycles. The Morgan fingerprint density at radius 2 is 1.57 bits per heavy atom. The molecule has 1 saturated heterocycles. The summed E-state index contributed by atoms with van der Waals surface area (Å²) in [7, 11) is 0. The molecule has 0 bridgehead atoms. The Balaban J connectivity index is 1.60. The van der Waals surface area contributed by atoms with Gasteiger partial charge in [0.05, 0.1) is 41.5 Å². The average Bonchev–Trinajstić information content (AvgIpc) is 3.43. The first-order chi connectivity index (χ1) is 17.4. The van der Waals surface area contributed by atoms with Crippen LogP contribution in [-0.4, -0.2) is 39.6 Å². The number of hydrogen-bond donors (Lipinski definition) is 2. The molecule has 1 aliphatic rings. The predicted octanol–water partition coefficient (Wildman–Crippen LogP) is 5.06. The Morgan fingerprint density at radius 3 is 2.05 bits per heavy atom. The molecule has 4 rings (SSSR count). The van der Waals surface area contributed by atoms with Crippen LogP contribution in [0.2, 0.25) is 0 Å². The van der Waals surface area contributed by atoms with Gasteiger partial charge in [0, 0.05) is 6.54 Å². The van der Waals surface area contributed by atoms with Crippen LogP contribution in [0.25, 0.3) is 0 Å². The van der Waals surface area contributed by atoms with Gasteiger partial charge in [0.1, 0.15) is 12.7 Å². The first-order valence-electron chi connectivity index (χ1n) is 11.6. The minimum absolute atomic E-state index is 0.0283. The number of nitrogens with zero attached hydrogens (tertiary/aromatic N) is 3. The summed E-state index contributed by atoms with van der Waals surface area (Å²) in [5.74, 6) is 0. The van der Waals surface area contributed by atoms with Gasteiger partial charge in [-0.05, 0) is 49.1 Å². The van der Waals surface area contributed by atoms with E-state index in [9.17, 15) is 31.4 Å². The highest BCUT2D eigenvalue weighted by atomic mass is 19.4. The first-order valence-corrected chi connectivity index (χ1v) is 11.6. The fraction of sp³-hybridized carbons (Fsp3) is 0.440. The van der Waals surface area contributed by atoms with Gasteiger partial charge in [-0.2, -0.15) is 26.3 Å². The lowest BCUT2D eigenvalue weighted by Gasteiger charge is -2.47. The van der Waals surface area contributed by atoms with Crippen molar-refractivity contribution in [2.45, 2.75) is 49.3 Å². The molecule has 0 spiro atoms. The summed E-state index contributed by atoms with van der Waals surface area (Å²) in [6.07, 6.45) is -6.98. The summed E-state index contributed by atoms with van der Waals surface area (Å²) in [6, 6.07) is 10.7. The number of ether oxygens (including phenoxy) is 1. The van der Waals surface area contributed by atoms with E-state index in [0.29, 0.717) is 31.5 Å². The highest BCUT2D eigenvalue weighted by molar-refractivity contribution is 5.35. The van der Waals surface area contributed by atoms with E-state index >= 15 is 0 Å². The van der Waals surface area contributed by atoms with Crippen molar-refractivity contribution in [2.75, 3.05) is 19.8 Å². The van der Waals surface area contributed by atoms with Crippen LogP contribution in [0.1, 0.15) is 48.1 Å². The van der Waals surface area contributed by atoms with Gasteiger partial charge < -0.3 is 19.7 Å². The summed E-state index contributed by atoms with van der Waals surface area (Å²) in [5, 5.41) is 21.2. The second kappa shape index (κ2) is 10.1. The normalized spacial score (nSPS) is 23.7. The fourth-order valence-electron chi connectivity index (χ4n) is 4.63. The zero-order valence-corrected chi connectivity index (χ0v) is 19.9. The van der Waals surface area contributed by atoms with E-state index in [1.54, 1.807) is 4.57 Å². The first kappa shape index (κ1) is 27.1. The van der Waals surface area contributed by atoms with E-state index in [-0.39, 0.29) is 24.8 Å². The monoisotopic (exact) mass is 528 g/mol. The van der Waals surface area contributed by atoms with Crippen molar-refractivity contribution in [3.63, 3.8) is 0 Å². The Bertz CT molecular complexity index is 1140. The van der Waals surface area contributed by atoms with E-state index < -0.39 is 40.7 Å². The molecule has 37 heavy (non-hydrogen) atoms. The zero-order valence-electron chi connectivity index (χ0n) is 19.9. The molecule has 3 atom stereocenters. The van der Waals surface area contributed by atoms with Crippen LogP contribution in [0.4, 0.5) is 26.3 Å². The molecule has 1 aliphatic heterocycles. The van der Waals surface area contributed by atoms with Crippen molar-refractivity contribution < 1.29 is 36.2 Å². The van der Waals surface area contributed by atoms with E-state index in [2.05, 4.69) is 15.5 Å². The third-order valence-corrected chi connectivity index (χ3v) is 7.02. The zero-order chi connectivity index (χ0) is 26.9. The summed E-state index contributed by atoms with van der Waals surface area (Å²) in [5.41, 5.74) is -3.66. The second-order valence-corrected chi connectivity index (χ2v) is 9.35. The van der Waals surface area contributed by atoms with Gasteiger partial charge in [-0.1, -0.05) is 30.3 Å². The lowest BCUT2D eigenvalue weighted by atomic mass is 9.76. The van der Waals surface area contributed by atoms with Crippen molar-refractivity contribution in [3.05, 3.63) is 83.4 Å². The van der Waals surface area contributed by atoms with E-state index in [1.165, 1.54) is 19.6 Å². The molecule has 12 heteroatoms. The SMILES string of the molecule is C[C@H](OC[C@]1(c2ccccc2)CC[C@](CO)(n2cnnc2)CN1)c1cc(C(F)(F)F)cc(C(F)(F)F)c1. The van der Waals surface area contributed by atoms with Gasteiger partial charge >= 0.3 is 12.4 Å². The fourth-order valence-corrected chi connectivity index (χ4v) is 4.63. The van der Waals surface area contributed by atoms with Crippen LogP contribution in [0, 0.1) is 0 Å². The molecular weight excluding hydrogens is 502 g/mol. The quantitative estimate of drug-likeness (QED) is 0.420. The van der Waals surface area contributed by atoms with Crippen LogP contribution >= 0.6 is 0 Å². The number of benzene rings is 2. The van der Waals surface area contributed by atoms with Crippen LogP contribution in [0.3, 0.4) is 0 Å². The molecule has 2 heterocycles. The van der Waals surface area contributed by atoms with Crippen molar-refractivity contribution in [1.82, 2.24) is 20.1 Å². The van der Waals surface area contributed by atoms with Gasteiger partial charge in [0.2, 0.25) is 0 Å². The molecule has 200 valence electrons. The minimum Gasteiger partial charge on any atom is -0.394 e. The van der Waals surface area contributed by atoms with Crippen molar-refractivity contribution in [1.29, 1.82) is 0 Å². The summed E-state index contributed by atoms with van der Waals surface area (Å²) in [6.45, 7) is 1.51. The minimum atomic E-state index is -4.94. The highest BCUT2D eigenvalue weighted by Gasteiger charge is 2.45. The Hall–Kier alpha value is -2.96. The Morgan fingerprint density at radius 1 is 0.973 bits per heavy atom. The topological polar surface area (TPSA) is 72.2 Å². The number of piperidine rings is 1. The molecule has 3 aromatic rings. The molecule has 0 radical (unpaired) electrons. The maximum Gasteiger partial charge on any atom is 0.416 e. The lowest BCUT2D eigenvalue weighted by Crippen LogP contribution is -2.60. The summed E-state index contributed by atoms with van der Waals surface area (Å²) >= 11 is 0. The third kappa shape index (κ3) is 5.65. The van der Waals surface area contributed by atoms with E-state index in [4.69, 9.17) is 4.74 Å². The largest absolute Gasteiger partial charge is 0.416 e. The van der Waals surface area contributed by atoms with Crippen molar-refractivity contribution >= 4 is 0 Å². The van der Waals surface area contributed by atoms with E-state index in [1.807, 2.05) is 30.3 Å². The van der Waals surface area contributed by atoms with Crippen LogP contribution in [0.15, 0.2) is 61.2 Å². The van der Waals surface area contributed by atoms with Crippen LogP contribution < -0.4 is 5.32 Å². The summed E-state index contributed by atoms with van der Waals surface area (Å²) < 4.78 is 87.7. The molecule has 0 amide bonds. The van der Waals surface area contributed by atoms with Crippen molar-refractivity contribution in [3.8, 4) is 0 Å². The maximum absolute atomic E-state index is 13.3. The number of nitrogens with one attached hydrogen (secondary N) is 1. The standard InChI is InChI=1S/C25H26F6N4O2/c1-17(18-9-20(24(26,27)28)11-21(10-18)25(29,30)31)37-14-23(19-5-3-2-4-6-19)8-7-22(13-36,12-32-23)35-15-33-34-16-35/h2-6,9-11,15-17,32,36H,7-8,12-14H2,1H3/t17-,22-,23-/m0/s1. The van der Waals surface area contributed by atoms with Gasteiger partial charge in [0.25, 0.3) is 0 Å². The van der Waals surface area contributed by atoms with Crippen LogP contribution in [0.5, 0.6) is 0 Å². The lowest BCUT2D eigenvalue weighted by molar-refractivity contribution is -0.143. The Labute approximate surface area is 209 Å². The van der Waals surface area contributed by atoms with Gasteiger partial charge in [-0.15, -0.1) is 10.2 Å². The molecular formula is C25H26F6N4O2. The molecule has 1 fully saturated rings. The number of aromatic nitrogens is 3. The number of aliphatic hydroxyl groups excluding tert-OH is 1. The Kier molecular flexibility index (Phi) is 7.37. The molecule has 6 nitrogen and oxygen atoms in total. The molecule has 0 aliphatic carbocycles. The van der Waals surface area contributed by atoms with Crippen LogP contribution in [-0.2, 0) is 28.2 Å². The van der Waals surface area contributed by atoms with Gasteiger partial charge in [0.15, 0.2) is 0 Å². The molecule has 1 aromatic heterocycles. The number of rotatable bonds is 7. The maximum atomic E-state index is 13.3. The number of alkyl halides is 6. The summed E-state index contributed by atoms with van der Waals surface area (Å²) in [4.78, 5) is 0. The highest BCUT2D eigenvalue weighted by Crippen LogP contribution is 2.40. The average molecular weight is 528 g/mol. The molecule has 2 aromatic carbocycles. The number of hydrogen-bond acceptors (Lipinski definition) is 5. The van der Waals surface area contributed by atoms with Crippen molar-refractivity contribution in [2.24, 2.45) is 0 Å². The van der Waals surface area contributed by atoms with E-state index in [0.717, 1.165) is 5.56 Å². The third-order valence-electron chi connectivity index (χ3n) is 7.02. The predicted molar refractivity (Wildman–Crippen MR) is 121 cm³/mol. The molecule has 0 unspecified atom stereocenters. The molecule has 2 N–H and O–H groups in total. The smallest absolute Gasteiger partial charge is 0.394 e. The number of halogens is 6. The van der Waals surface area contributed by atoms with Gasteiger partial charge in [-0.25, -0.2) is 0 Å². The van der Waals surface area contributed by atoms with Gasteiger partial charge in [-0.3, -0.25) is 0 Å².